The maximum absolute atomic E-state index is 12.6. The minimum Gasteiger partial charge on any atom is -0.496 e. The Bertz CT molecular complexity index is 990. The summed E-state index contributed by atoms with van der Waals surface area (Å²) in [5, 5.41) is 4.65. The summed E-state index contributed by atoms with van der Waals surface area (Å²) in [7, 11) is 3.42. The van der Waals surface area contributed by atoms with Crippen molar-refractivity contribution in [2.24, 2.45) is 0 Å². The molecule has 3 aromatic rings. The molecule has 0 saturated heterocycles. The van der Waals surface area contributed by atoms with Crippen LogP contribution < -0.4 is 4.74 Å². The molecule has 0 unspecified atom stereocenters. The molecule has 0 fully saturated rings. The quantitative estimate of drug-likeness (QED) is 0.608. The van der Waals surface area contributed by atoms with Gasteiger partial charge >= 0.3 is 0 Å². The number of aromatic nitrogens is 2. The summed E-state index contributed by atoms with van der Waals surface area (Å²) in [4.78, 5) is 14.3. The van der Waals surface area contributed by atoms with Crippen molar-refractivity contribution < 1.29 is 9.53 Å². The predicted molar refractivity (Wildman–Crippen MR) is 112 cm³/mol. The molecule has 3 rings (SSSR count). The third-order valence-electron chi connectivity index (χ3n) is 4.76. The highest BCUT2D eigenvalue weighted by Gasteiger charge is 2.16. The van der Waals surface area contributed by atoms with Crippen molar-refractivity contribution in [3.05, 3.63) is 83.2 Å². The highest BCUT2D eigenvalue weighted by atomic mass is 16.5. The van der Waals surface area contributed by atoms with Gasteiger partial charge in [-0.3, -0.25) is 4.79 Å². The molecule has 0 spiro atoms. The number of amides is 1. The lowest BCUT2D eigenvalue weighted by Crippen LogP contribution is -2.24. The van der Waals surface area contributed by atoms with Gasteiger partial charge in [-0.25, -0.2) is 4.68 Å². The Hall–Kier alpha value is -3.34. The summed E-state index contributed by atoms with van der Waals surface area (Å²) >= 11 is 0. The summed E-state index contributed by atoms with van der Waals surface area (Å²) in [5.41, 5.74) is 4.91. The number of carbonyl (C=O) groups excluding carboxylic acids is 1. The van der Waals surface area contributed by atoms with E-state index < -0.39 is 0 Å². The largest absolute Gasteiger partial charge is 0.496 e. The average molecular weight is 375 g/mol. The van der Waals surface area contributed by atoms with E-state index in [1.54, 1.807) is 31.2 Å². The van der Waals surface area contributed by atoms with Gasteiger partial charge in [-0.05, 0) is 38.1 Å². The molecule has 1 heterocycles. The van der Waals surface area contributed by atoms with E-state index in [4.69, 9.17) is 4.74 Å². The van der Waals surface area contributed by atoms with Crippen LogP contribution >= 0.6 is 0 Å². The van der Waals surface area contributed by atoms with Gasteiger partial charge in [-0.15, -0.1) is 0 Å². The topological polar surface area (TPSA) is 47.4 Å². The van der Waals surface area contributed by atoms with Crippen molar-refractivity contribution >= 4 is 12.0 Å². The smallest absolute Gasteiger partial charge is 0.246 e. The number of ether oxygens (including phenoxy) is 1. The van der Waals surface area contributed by atoms with Crippen LogP contribution in [0, 0.1) is 13.8 Å². The second-order valence-electron chi connectivity index (χ2n) is 6.67. The Morgan fingerprint density at radius 1 is 1.11 bits per heavy atom. The normalized spacial score (nSPS) is 11.0. The van der Waals surface area contributed by atoms with Crippen molar-refractivity contribution in [1.82, 2.24) is 14.7 Å². The van der Waals surface area contributed by atoms with Gasteiger partial charge in [0.1, 0.15) is 5.75 Å². The van der Waals surface area contributed by atoms with Gasteiger partial charge in [-0.2, -0.15) is 5.10 Å². The number of carbonyl (C=O) groups is 1. The van der Waals surface area contributed by atoms with Gasteiger partial charge in [0.15, 0.2) is 0 Å². The first-order valence-electron chi connectivity index (χ1n) is 9.18. The first-order valence-corrected chi connectivity index (χ1v) is 9.18. The lowest BCUT2D eigenvalue weighted by atomic mass is 10.1. The Kier molecular flexibility index (Phi) is 5.94. The second-order valence-corrected chi connectivity index (χ2v) is 6.67. The zero-order valence-corrected chi connectivity index (χ0v) is 16.7. The Morgan fingerprint density at radius 3 is 2.50 bits per heavy atom. The van der Waals surface area contributed by atoms with Gasteiger partial charge in [0.2, 0.25) is 5.91 Å². The van der Waals surface area contributed by atoms with Gasteiger partial charge in [0.25, 0.3) is 0 Å². The van der Waals surface area contributed by atoms with Crippen LogP contribution in [-0.2, 0) is 11.3 Å². The van der Waals surface area contributed by atoms with E-state index in [2.05, 4.69) is 5.10 Å². The van der Waals surface area contributed by atoms with Crippen molar-refractivity contribution in [1.29, 1.82) is 0 Å². The Morgan fingerprint density at radius 2 is 1.79 bits per heavy atom. The fraction of sp³-hybridized carbons (Fsp3) is 0.217. The summed E-state index contributed by atoms with van der Waals surface area (Å²) in [6.45, 7) is 4.51. The molecule has 5 heteroatoms. The van der Waals surface area contributed by atoms with Crippen molar-refractivity contribution in [3.8, 4) is 11.4 Å². The van der Waals surface area contributed by atoms with Crippen LogP contribution in [0.2, 0.25) is 0 Å². The molecule has 0 atom stereocenters. The Balaban J connectivity index is 1.76. The first-order chi connectivity index (χ1) is 13.5. The number of nitrogens with zero attached hydrogens (tertiary/aromatic N) is 3. The number of para-hydroxylation sites is 2. The number of benzene rings is 2. The van der Waals surface area contributed by atoms with E-state index in [1.807, 2.05) is 73.1 Å². The number of rotatable bonds is 6. The Labute approximate surface area is 165 Å². The molecule has 1 amide bonds. The number of hydrogen-bond acceptors (Lipinski definition) is 3. The molecule has 0 bridgehead atoms. The van der Waals surface area contributed by atoms with Crippen LogP contribution in [0.4, 0.5) is 0 Å². The molecule has 1 aromatic heterocycles. The van der Waals surface area contributed by atoms with Gasteiger partial charge < -0.3 is 9.64 Å². The first kappa shape index (κ1) is 19.4. The minimum atomic E-state index is -0.0721. The standard InChI is InChI=1S/C23H25N3O2/c1-17-21(18(2)26(24-17)20-11-6-5-7-12-20)16-25(3)23(27)15-14-19-10-8-9-13-22(19)28-4/h5-15H,16H2,1-4H3/b15-14+. The fourth-order valence-electron chi connectivity index (χ4n) is 3.13. The summed E-state index contributed by atoms with van der Waals surface area (Å²) in [5.74, 6) is 0.669. The number of methoxy groups -OCH3 is 1. The fourth-order valence-corrected chi connectivity index (χ4v) is 3.13. The molecular weight excluding hydrogens is 350 g/mol. The van der Waals surface area contributed by atoms with Gasteiger partial charge in [-0.1, -0.05) is 36.4 Å². The minimum absolute atomic E-state index is 0.0721. The van der Waals surface area contributed by atoms with E-state index in [9.17, 15) is 4.79 Å². The van der Waals surface area contributed by atoms with Crippen LogP contribution in [0.3, 0.4) is 0 Å². The number of hydrogen-bond donors (Lipinski definition) is 0. The van der Waals surface area contributed by atoms with E-state index in [-0.39, 0.29) is 5.91 Å². The maximum Gasteiger partial charge on any atom is 0.246 e. The highest BCUT2D eigenvalue weighted by molar-refractivity contribution is 5.92. The highest BCUT2D eigenvalue weighted by Crippen LogP contribution is 2.21. The van der Waals surface area contributed by atoms with E-state index in [1.165, 1.54) is 0 Å². The molecule has 28 heavy (non-hydrogen) atoms. The van der Waals surface area contributed by atoms with Crippen LogP contribution in [0.15, 0.2) is 60.7 Å². The summed E-state index contributed by atoms with van der Waals surface area (Å²) in [6.07, 6.45) is 3.36. The van der Waals surface area contributed by atoms with Gasteiger partial charge in [0.05, 0.1) is 18.5 Å². The predicted octanol–water partition coefficient (Wildman–Crippen LogP) is 4.17. The zero-order valence-electron chi connectivity index (χ0n) is 16.7. The molecule has 5 nitrogen and oxygen atoms in total. The third kappa shape index (κ3) is 4.14. The zero-order chi connectivity index (χ0) is 20.1. The van der Waals surface area contributed by atoms with E-state index in [0.29, 0.717) is 6.54 Å². The van der Waals surface area contributed by atoms with Crippen LogP contribution in [0.5, 0.6) is 5.75 Å². The van der Waals surface area contributed by atoms with Crippen molar-refractivity contribution in [2.45, 2.75) is 20.4 Å². The number of likely N-dealkylation sites (N-methyl/N-ethyl adjacent to an activating group) is 1. The molecular formula is C23H25N3O2. The van der Waals surface area contributed by atoms with Crippen molar-refractivity contribution in [3.63, 3.8) is 0 Å². The lowest BCUT2D eigenvalue weighted by Gasteiger charge is -2.16. The molecule has 0 aliphatic carbocycles. The summed E-state index contributed by atoms with van der Waals surface area (Å²) < 4.78 is 7.25. The molecule has 0 N–H and O–H groups in total. The third-order valence-corrected chi connectivity index (χ3v) is 4.76. The lowest BCUT2D eigenvalue weighted by molar-refractivity contribution is -0.125. The van der Waals surface area contributed by atoms with Crippen LogP contribution in [0.25, 0.3) is 11.8 Å². The summed E-state index contributed by atoms with van der Waals surface area (Å²) in [6, 6.07) is 17.6. The molecule has 0 aliphatic heterocycles. The molecule has 2 aromatic carbocycles. The number of aryl methyl sites for hydroxylation is 1. The monoisotopic (exact) mass is 375 g/mol. The van der Waals surface area contributed by atoms with Gasteiger partial charge in [0, 0.05) is 36.5 Å². The second kappa shape index (κ2) is 8.57. The van der Waals surface area contributed by atoms with E-state index >= 15 is 0 Å². The molecule has 144 valence electrons. The molecule has 0 radical (unpaired) electrons. The SMILES string of the molecule is COc1ccccc1/C=C/C(=O)N(C)Cc1c(C)nn(-c2ccccc2)c1C. The van der Waals surface area contributed by atoms with E-state index in [0.717, 1.165) is 34.0 Å². The van der Waals surface area contributed by atoms with Crippen molar-refractivity contribution in [2.75, 3.05) is 14.2 Å². The maximum atomic E-state index is 12.6. The molecule has 0 aliphatic rings. The van der Waals surface area contributed by atoms with Crippen LogP contribution in [-0.4, -0.2) is 34.7 Å². The van der Waals surface area contributed by atoms with Crippen LogP contribution in [0.1, 0.15) is 22.5 Å². The average Bonchev–Trinajstić information content (AvgIpc) is 3.01. The molecule has 0 saturated carbocycles.